The van der Waals surface area contributed by atoms with Crippen LogP contribution in [-0.4, -0.2) is 72.6 Å². The molecule has 1 aliphatic heterocycles. The van der Waals surface area contributed by atoms with E-state index in [0.717, 1.165) is 28.0 Å². The normalized spacial score (nSPS) is 15.4. The van der Waals surface area contributed by atoms with Crippen LogP contribution in [0.1, 0.15) is 73.8 Å². The second-order valence-corrected chi connectivity index (χ2v) is 11.6. The standard InChI is InChI=1S/C26H43BN4O4/c1-17(2)21-22-19(28-23(21)27(33-10)35-26(8,9)18(3)4)11-12-20(29-22)30-13-15-31(16-14-30)24(32)34-25(5,6)7/h11-12,17-18,28H,13-16H2,1-10H3. The molecule has 3 heterocycles. The van der Waals surface area contributed by atoms with Crippen molar-refractivity contribution in [1.82, 2.24) is 14.9 Å². The molecule has 0 saturated carbocycles. The van der Waals surface area contributed by atoms with Crippen molar-refractivity contribution < 1.29 is 18.8 Å². The third kappa shape index (κ3) is 6.30. The summed E-state index contributed by atoms with van der Waals surface area (Å²) in [4.78, 5) is 25.0. The summed E-state index contributed by atoms with van der Waals surface area (Å²) in [5.74, 6) is 1.47. The molecule has 0 unspecified atom stereocenters. The summed E-state index contributed by atoms with van der Waals surface area (Å²) >= 11 is 0. The van der Waals surface area contributed by atoms with Gasteiger partial charge in [-0.25, -0.2) is 9.78 Å². The molecule has 8 nitrogen and oxygen atoms in total. The number of piperazine rings is 1. The quantitative estimate of drug-likeness (QED) is 0.579. The van der Waals surface area contributed by atoms with Crippen LogP contribution in [0.2, 0.25) is 0 Å². The molecule has 194 valence electrons. The third-order valence-corrected chi connectivity index (χ3v) is 6.78. The number of aromatic amines is 1. The number of ether oxygens (including phenoxy) is 1. The zero-order valence-corrected chi connectivity index (χ0v) is 23.2. The van der Waals surface area contributed by atoms with Crippen LogP contribution < -0.4 is 10.5 Å². The summed E-state index contributed by atoms with van der Waals surface area (Å²) in [6.45, 7) is 21.1. The molecule has 1 fully saturated rings. The van der Waals surface area contributed by atoms with Crippen molar-refractivity contribution in [2.24, 2.45) is 5.92 Å². The number of fused-ring (bicyclic) bond motifs is 1. The van der Waals surface area contributed by atoms with Crippen LogP contribution >= 0.6 is 0 Å². The van der Waals surface area contributed by atoms with Crippen LogP contribution in [0.15, 0.2) is 12.1 Å². The average Bonchev–Trinajstić information content (AvgIpc) is 3.15. The van der Waals surface area contributed by atoms with Crippen molar-refractivity contribution in [3.8, 4) is 0 Å². The fourth-order valence-corrected chi connectivity index (χ4v) is 4.12. The number of hydrogen-bond donors (Lipinski definition) is 1. The molecular weight excluding hydrogens is 443 g/mol. The van der Waals surface area contributed by atoms with E-state index in [-0.39, 0.29) is 17.6 Å². The minimum absolute atomic E-state index is 0.230. The first kappa shape index (κ1) is 27.3. The van der Waals surface area contributed by atoms with Crippen molar-refractivity contribution in [1.29, 1.82) is 0 Å². The van der Waals surface area contributed by atoms with E-state index in [9.17, 15) is 4.79 Å². The first-order valence-corrected chi connectivity index (χ1v) is 12.7. The van der Waals surface area contributed by atoms with Gasteiger partial charge >= 0.3 is 13.2 Å². The lowest BCUT2D eigenvalue weighted by Gasteiger charge is -2.36. The molecule has 2 aromatic rings. The van der Waals surface area contributed by atoms with Gasteiger partial charge in [0.1, 0.15) is 11.4 Å². The fraction of sp³-hybridized carbons (Fsp3) is 0.692. The number of anilines is 1. The van der Waals surface area contributed by atoms with Gasteiger partial charge in [-0.1, -0.05) is 27.7 Å². The molecule has 0 bridgehead atoms. The third-order valence-electron chi connectivity index (χ3n) is 6.78. The zero-order valence-electron chi connectivity index (χ0n) is 23.2. The van der Waals surface area contributed by atoms with Gasteiger partial charge in [0.05, 0.1) is 22.2 Å². The monoisotopic (exact) mass is 486 g/mol. The maximum Gasteiger partial charge on any atom is 0.511 e. The Kier molecular flexibility index (Phi) is 8.11. The van der Waals surface area contributed by atoms with Gasteiger partial charge in [0.2, 0.25) is 0 Å². The van der Waals surface area contributed by atoms with Gasteiger partial charge in [-0.05, 0) is 64.2 Å². The molecule has 0 spiro atoms. The maximum atomic E-state index is 12.4. The molecule has 0 aromatic carbocycles. The van der Waals surface area contributed by atoms with E-state index in [1.54, 1.807) is 12.0 Å². The Morgan fingerprint density at radius 2 is 1.69 bits per heavy atom. The molecule has 2 aromatic heterocycles. The van der Waals surface area contributed by atoms with Gasteiger partial charge in [0, 0.05) is 33.3 Å². The van der Waals surface area contributed by atoms with Gasteiger partial charge in [0.25, 0.3) is 0 Å². The van der Waals surface area contributed by atoms with Crippen LogP contribution in [-0.2, 0) is 14.0 Å². The van der Waals surface area contributed by atoms with Crippen LogP contribution in [0, 0.1) is 5.92 Å². The minimum atomic E-state index is -0.514. The predicted octanol–water partition coefficient (Wildman–Crippen LogP) is 4.54. The minimum Gasteiger partial charge on any atom is -0.444 e. The largest absolute Gasteiger partial charge is 0.511 e. The van der Waals surface area contributed by atoms with Gasteiger partial charge in [-0.3, -0.25) is 0 Å². The Balaban J connectivity index is 1.85. The lowest BCUT2D eigenvalue weighted by Crippen LogP contribution is -2.50. The second kappa shape index (κ2) is 10.4. The molecule has 9 heteroatoms. The van der Waals surface area contributed by atoms with Crippen LogP contribution in [0.3, 0.4) is 0 Å². The van der Waals surface area contributed by atoms with Crippen LogP contribution in [0.5, 0.6) is 0 Å². The Morgan fingerprint density at radius 3 is 2.20 bits per heavy atom. The van der Waals surface area contributed by atoms with Gasteiger partial charge in [-0.15, -0.1) is 0 Å². The Labute approximate surface area is 210 Å². The summed E-state index contributed by atoms with van der Waals surface area (Å²) in [5, 5.41) is 0. The van der Waals surface area contributed by atoms with E-state index in [2.05, 4.69) is 57.5 Å². The number of aromatic nitrogens is 2. The smallest absolute Gasteiger partial charge is 0.444 e. The van der Waals surface area contributed by atoms with Crippen LogP contribution in [0.25, 0.3) is 11.0 Å². The van der Waals surface area contributed by atoms with Crippen molar-refractivity contribution >= 4 is 35.7 Å². The zero-order chi connectivity index (χ0) is 26.1. The highest BCUT2D eigenvalue weighted by Gasteiger charge is 2.36. The van der Waals surface area contributed by atoms with E-state index in [1.807, 2.05) is 26.8 Å². The van der Waals surface area contributed by atoms with Gasteiger partial charge in [-0.2, -0.15) is 0 Å². The molecule has 1 saturated heterocycles. The number of hydrogen-bond acceptors (Lipinski definition) is 6. The SMILES string of the molecule is COB(OC(C)(C)C(C)C)c1[nH]c2ccc(N3CCN(C(=O)OC(C)(C)C)CC3)nc2c1C(C)C. The molecule has 1 aliphatic rings. The number of pyridine rings is 1. The van der Waals surface area contributed by atoms with Gasteiger partial charge in [0.15, 0.2) is 0 Å². The van der Waals surface area contributed by atoms with Crippen molar-refractivity contribution in [2.75, 3.05) is 38.2 Å². The second-order valence-electron chi connectivity index (χ2n) is 11.6. The van der Waals surface area contributed by atoms with E-state index < -0.39 is 12.7 Å². The Hall–Kier alpha value is -2.26. The summed E-state index contributed by atoms with van der Waals surface area (Å²) in [6, 6.07) is 4.12. The molecule has 3 rings (SSSR count). The van der Waals surface area contributed by atoms with Gasteiger partial charge < -0.3 is 28.8 Å². The molecule has 1 N–H and O–H groups in total. The summed E-state index contributed by atoms with van der Waals surface area (Å²) in [5.41, 5.74) is 3.10. The molecule has 0 atom stereocenters. The van der Waals surface area contributed by atoms with E-state index >= 15 is 0 Å². The molecular formula is C26H43BN4O4. The number of amides is 1. The summed E-state index contributed by atoms with van der Waals surface area (Å²) in [7, 11) is 1.17. The predicted molar refractivity (Wildman–Crippen MR) is 143 cm³/mol. The summed E-state index contributed by atoms with van der Waals surface area (Å²) in [6.07, 6.45) is -0.257. The number of H-pyrrole nitrogens is 1. The average molecular weight is 486 g/mol. The van der Waals surface area contributed by atoms with E-state index in [0.29, 0.717) is 32.1 Å². The molecule has 1 amide bonds. The number of rotatable bonds is 7. The number of carbonyl (C=O) groups excluding carboxylic acids is 1. The van der Waals surface area contributed by atoms with E-state index in [1.165, 1.54) is 0 Å². The number of nitrogens with one attached hydrogen (secondary N) is 1. The topological polar surface area (TPSA) is 79.9 Å². The number of carbonyl (C=O) groups is 1. The van der Waals surface area contributed by atoms with Crippen molar-refractivity contribution in [3.05, 3.63) is 17.7 Å². The Bertz CT molecular complexity index is 1020. The number of nitrogens with zero attached hydrogens (tertiary/aromatic N) is 3. The maximum absolute atomic E-state index is 12.4. The lowest BCUT2D eigenvalue weighted by molar-refractivity contribution is 0.0240. The molecule has 35 heavy (non-hydrogen) atoms. The first-order chi connectivity index (χ1) is 16.2. The molecule has 0 aliphatic carbocycles. The first-order valence-electron chi connectivity index (χ1n) is 12.7. The summed E-state index contributed by atoms with van der Waals surface area (Å²) < 4.78 is 17.8. The molecule has 0 radical (unpaired) electrons. The fourth-order valence-electron chi connectivity index (χ4n) is 4.12. The highest BCUT2D eigenvalue weighted by molar-refractivity contribution is 6.61. The highest BCUT2D eigenvalue weighted by atomic mass is 16.6. The lowest BCUT2D eigenvalue weighted by atomic mass is 9.77. The van der Waals surface area contributed by atoms with Crippen molar-refractivity contribution in [3.63, 3.8) is 0 Å². The Morgan fingerprint density at radius 1 is 1.06 bits per heavy atom. The van der Waals surface area contributed by atoms with Crippen molar-refractivity contribution in [2.45, 2.75) is 79.4 Å². The van der Waals surface area contributed by atoms with E-state index in [4.69, 9.17) is 19.0 Å². The highest BCUT2D eigenvalue weighted by Crippen LogP contribution is 2.28. The van der Waals surface area contributed by atoms with Crippen LogP contribution in [0.4, 0.5) is 10.6 Å².